The molecule has 0 aromatic heterocycles. The van der Waals surface area contributed by atoms with E-state index in [-0.39, 0.29) is 22.4 Å². The normalized spacial score (nSPS) is 10.6. The molecule has 2 aromatic rings. The van der Waals surface area contributed by atoms with Crippen LogP contribution in [0.3, 0.4) is 0 Å². The standard InChI is InChI=1S/C23H27NO6/c1-3-5-11-24(12-6-4-2)16-8-10-18(20(25)14-16)21(26)17-9-7-15(22(27)28)13-19(17)23(29)30/h7-10,13-14,25H,3-6,11-12H2,1-2H3,(H,27,28)(H,29,30). The van der Waals surface area contributed by atoms with Crippen molar-refractivity contribution in [1.82, 2.24) is 0 Å². The Morgan fingerprint density at radius 1 is 0.800 bits per heavy atom. The molecule has 0 radical (unpaired) electrons. The maximum atomic E-state index is 12.9. The Morgan fingerprint density at radius 3 is 1.90 bits per heavy atom. The van der Waals surface area contributed by atoms with Crippen molar-refractivity contribution in [2.75, 3.05) is 18.0 Å². The first-order valence-electron chi connectivity index (χ1n) is 10.0. The van der Waals surface area contributed by atoms with Crippen LogP contribution in [-0.4, -0.2) is 46.1 Å². The molecule has 3 N–H and O–H groups in total. The zero-order valence-electron chi connectivity index (χ0n) is 17.2. The number of hydrogen-bond acceptors (Lipinski definition) is 5. The van der Waals surface area contributed by atoms with Gasteiger partial charge in [0.05, 0.1) is 16.7 Å². The molecule has 0 saturated heterocycles. The molecule has 0 heterocycles. The van der Waals surface area contributed by atoms with Gasteiger partial charge in [-0.2, -0.15) is 0 Å². The van der Waals surface area contributed by atoms with E-state index < -0.39 is 23.3 Å². The van der Waals surface area contributed by atoms with Crippen LogP contribution in [0.1, 0.15) is 76.2 Å². The zero-order valence-corrected chi connectivity index (χ0v) is 17.2. The molecule has 0 aliphatic rings. The molecule has 160 valence electrons. The van der Waals surface area contributed by atoms with Gasteiger partial charge in [-0.15, -0.1) is 0 Å². The number of carboxylic acid groups (broad SMARTS) is 2. The Morgan fingerprint density at radius 2 is 1.40 bits per heavy atom. The Bertz CT molecular complexity index is 929. The number of nitrogens with zero attached hydrogens (tertiary/aromatic N) is 1. The Hall–Kier alpha value is -3.35. The predicted octanol–water partition coefficient (Wildman–Crippen LogP) is 4.43. The van der Waals surface area contributed by atoms with Crippen molar-refractivity contribution in [2.45, 2.75) is 39.5 Å². The van der Waals surface area contributed by atoms with Crippen molar-refractivity contribution < 1.29 is 29.7 Å². The minimum atomic E-state index is -1.41. The van der Waals surface area contributed by atoms with Crippen LogP contribution in [0.2, 0.25) is 0 Å². The minimum Gasteiger partial charge on any atom is -0.507 e. The van der Waals surface area contributed by atoms with Crippen LogP contribution in [0.4, 0.5) is 5.69 Å². The predicted molar refractivity (Wildman–Crippen MR) is 114 cm³/mol. The van der Waals surface area contributed by atoms with Crippen molar-refractivity contribution in [3.63, 3.8) is 0 Å². The lowest BCUT2D eigenvalue weighted by molar-refractivity contribution is 0.0692. The fourth-order valence-electron chi connectivity index (χ4n) is 3.17. The van der Waals surface area contributed by atoms with Gasteiger partial charge in [-0.25, -0.2) is 9.59 Å². The van der Waals surface area contributed by atoms with Gasteiger partial charge in [0.1, 0.15) is 5.75 Å². The lowest BCUT2D eigenvalue weighted by Crippen LogP contribution is -2.25. The molecule has 0 aliphatic heterocycles. The van der Waals surface area contributed by atoms with Crippen molar-refractivity contribution >= 4 is 23.4 Å². The molecule has 0 unspecified atom stereocenters. The number of carboxylic acids is 2. The van der Waals surface area contributed by atoms with Gasteiger partial charge < -0.3 is 20.2 Å². The maximum absolute atomic E-state index is 12.9. The lowest BCUT2D eigenvalue weighted by Gasteiger charge is -2.25. The van der Waals surface area contributed by atoms with Crippen LogP contribution in [0.5, 0.6) is 5.75 Å². The Labute approximate surface area is 175 Å². The topological polar surface area (TPSA) is 115 Å². The van der Waals surface area contributed by atoms with Gasteiger partial charge in [0, 0.05) is 30.4 Å². The molecule has 0 aliphatic carbocycles. The van der Waals surface area contributed by atoms with Crippen LogP contribution >= 0.6 is 0 Å². The average molecular weight is 413 g/mol. The fourth-order valence-corrected chi connectivity index (χ4v) is 3.17. The monoisotopic (exact) mass is 413 g/mol. The number of rotatable bonds is 11. The smallest absolute Gasteiger partial charge is 0.336 e. The first kappa shape index (κ1) is 22.9. The van der Waals surface area contributed by atoms with Gasteiger partial charge >= 0.3 is 11.9 Å². The first-order chi connectivity index (χ1) is 14.3. The molecule has 0 saturated carbocycles. The third kappa shape index (κ3) is 5.37. The van der Waals surface area contributed by atoms with Crippen molar-refractivity contribution in [2.24, 2.45) is 0 Å². The van der Waals surface area contributed by atoms with Crippen LogP contribution in [0.25, 0.3) is 0 Å². The van der Waals surface area contributed by atoms with E-state index in [4.69, 9.17) is 5.11 Å². The van der Waals surface area contributed by atoms with Gasteiger partial charge in [0.25, 0.3) is 0 Å². The molecular weight excluding hydrogens is 386 g/mol. The first-order valence-corrected chi connectivity index (χ1v) is 10.0. The highest BCUT2D eigenvalue weighted by molar-refractivity contribution is 6.16. The summed E-state index contributed by atoms with van der Waals surface area (Å²) in [6.45, 7) is 5.88. The highest BCUT2D eigenvalue weighted by Gasteiger charge is 2.22. The fraction of sp³-hybridized carbons (Fsp3) is 0.348. The molecule has 30 heavy (non-hydrogen) atoms. The number of hydrogen-bond donors (Lipinski definition) is 3. The number of carbonyl (C=O) groups excluding carboxylic acids is 1. The van der Waals surface area contributed by atoms with Crippen LogP contribution < -0.4 is 4.90 Å². The second kappa shape index (κ2) is 10.4. The lowest BCUT2D eigenvalue weighted by atomic mass is 9.95. The SMILES string of the molecule is CCCCN(CCCC)c1ccc(C(=O)c2ccc(C(=O)O)cc2C(=O)O)c(O)c1. The summed E-state index contributed by atoms with van der Waals surface area (Å²) in [6, 6.07) is 8.02. The number of unbranched alkanes of at least 4 members (excludes halogenated alkanes) is 2. The Balaban J connectivity index is 2.39. The summed E-state index contributed by atoms with van der Waals surface area (Å²) in [5.41, 5.74) is -0.0628. The highest BCUT2D eigenvalue weighted by atomic mass is 16.4. The van der Waals surface area contributed by atoms with Gasteiger partial charge in [-0.1, -0.05) is 26.7 Å². The molecule has 0 amide bonds. The second-order valence-electron chi connectivity index (χ2n) is 7.10. The minimum absolute atomic E-state index is 0.0322. The van der Waals surface area contributed by atoms with Crippen molar-refractivity contribution in [1.29, 1.82) is 0 Å². The van der Waals surface area contributed by atoms with Crippen LogP contribution in [0.15, 0.2) is 36.4 Å². The number of benzene rings is 2. The third-order valence-corrected chi connectivity index (χ3v) is 4.90. The Kier molecular flexibility index (Phi) is 7.98. The summed E-state index contributed by atoms with van der Waals surface area (Å²) in [5.74, 6) is -3.62. The second-order valence-corrected chi connectivity index (χ2v) is 7.10. The number of aromatic hydroxyl groups is 1. The zero-order chi connectivity index (χ0) is 22.3. The third-order valence-electron chi connectivity index (χ3n) is 4.90. The van der Waals surface area contributed by atoms with E-state index in [1.165, 1.54) is 18.2 Å². The summed E-state index contributed by atoms with van der Waals surface area (Å²) < 4.78 is 0. The van der Waals surface area contributed by atoms with Crippen molar-refractivity contribution in [3.05, 3.63) is 58.7 Å². The summed E-state index contributed by atoms with van der Waals surface area (Å²) in [6.07, 6.45) is 4.08. The van der Waals surface area contributed by atoms with Gasteiger partial charge in [-0.3, -0.25) is 4.79 Å². The van der Waals surface area contributed by atoms with Gasteiger partial charge in [0.15, 0.2) is 5.78 Å². The summed E-state index contributed by atoms with van der Waals surface area (Å²) in [4.78, 5) is 37.7. The molecule has 2 aromatic carbocycles. The number of phenols is 1. The highest BCUT2D eigenvalue weighted by Crippen LogP contribution is 2.28. The maximum Gasteiger partial charge on any atom is 0.336 e. The van der Waals surface area contributed by atoms with E-state index in [0.717, 1.165) is 56.6 Å². The average Bonchev–Trinajstić information content (AvgIpc) is 2.72. The van der Waals surface area contributed by atoms with E-state index in [0.29, 0.717) is 0 Å². The number of ketones is 1. The molecule has 7 nitrogen and oxygen atoms in total. The largest absolute Gasteiger partial charge is 0.507 e. The van der Waals surface area contributed by atoms with E-state index in [1.807, 2.05) is 0 Å². The van der Waals surface area contributed by atoms with E-state index in [9.17, 15) is 24.6 Å². The van der Waals surface area contributed by atoms with Crippen LogP contribution in [-0.2, 0) is 0 Å². The van der Waals surface area contributed by atoms with E-state index in [1.54, 1.807) is 6.07 Å². The quantitative estimate of drug-likeness (QED) is 0.467. The molecule has 7 heteroatoms. The number of aromatic carboxylic acids is 2. The number of anilines is 1. The van der Waals surface area contributed by atoms with E-state index in [2.05, 4.69) is 18.7 Å². The summed E-state index contributed by atoms with van der Waals surface area (Å²) >= 11 is 0. The molecule has 0 atom stereocenters. The van der Waals surface area contributed by atoms with Crippen molar-refractivity contribution in [3.8, 4) is 5.75 Å². The van der Waals surface area contributed by atoms with Gasteiger partial charge in [0.2, 0.25) is 0 Å². The molecule has 0 spiro atoms. The van der Waals surface area contributed by atoms with E-state index >= 15 is 0 Å². The van der Waals surface area contributed by atoms with Crippen LogP contribution in [0, 0.1) is 0 Å². The summed E-state index contributed by atoms with van der Waals surface area (Å²) in [7, 11) is 0. The molecule has 0 bridgehead atoms. The summed E-state index contributed by atoms with van der Waals surface area (Å²) in [5, 5.41) is 29.0. The number of carbonyl (C=O) groups is 3. The molecular formula is C23H27NO6. The van der Waals surface area contributed by atoms with Gasteiger partial charge in [-0.05, 0) is 43.2 Å². The molecule has 2 rings (SSSR count). The molecule has 0 fully saturated rings. The number of phenolic OH excluding ortho intramolecular Hbond substituents is 1.